The zero-order valence-corrected chi connectivity index (χ0v) is 10.9. The third-order valence-electron chi connectivity index (χ3n) is 2.66. The molecule has 0 amide bonds. The van der Waals surface area contributed by atoms with Crippen molar-refractivity contribution in [2.24, 2.45) is 0 Å². The molecular formula is C15H13FO2S. The van der Waals surface area contributed by atoms with Gasteiger partial charge in [0.25, 0.3) is 0 Å². The molecule has 0 saturated heterocycles. The number of benzene rings is 2. The minimum absolute atomic E-state index is 0.168. The smallest absolute Gasteiger partial charge is 0.317 e. The molecular weight excluding hydrogens is 263 g/mol. The Morgan fingerprint density at radius 1 is 1.11 bits per heavy atom. The first-order valence-electron chi connectivity index (χ1n) is 5.85. The molecule has 0 aromatic heterocycles. The third kappa shape index (κ3) is 3.83. The minimum atomic E-state index is -0.933. The van der Waals surface area contributed by atoms with Gasteiger partial charge in [-0.1, -0.05) is 36.4 Å². The van der Waals surface area contributed by atoms with Crippen molar-refractivity contribution < 1.29 is 14.3 Å². The van der Waals surface area contributed by atoms with Gasteiger partial charge in [-0.3, -0.25) is 4.79 Å². The molecule has 2 aromatic carbocycles. The minimum Gasteiger partial charge on any atom is -0.480 e. The monoisotopic (exact) mass is 276 g/mol. The SMILES string of the molecule is O=C(O)[C@H](Cc1ccccc1F)Sc1ccccc1. The summed E-state index contributed by atoms with van der Waals surface area (Å²) in [5, 5.41) is 8.55. The fraction of sp³-hybridized carbons (Fsp3) is 0.133. The molecule has 0 aliphatic rings. The van der Waals surface area contributed by atoms with Crippen molar-refractivity contribution in [1.82, 2.24) is 0 Å². The number of hydrogen-bond donors (Lipinski definition) is 1. The second-order valence-corrected chi connectivity index (χ2v) is 5.33. The summed E-state index contributed by atoms with van der Waals surface area (Å²) >= 11 is 1.23. The van der Waals surface area contributed by atoms with E-state index in [2.05, 4.69) is 0 Å². The summed E-state index contributed by atoms with van der Waals surface area (Å²) in [5.74, 6) is -1.29. The normalized spacial score (nSPS) is 12.1. The van der Waals surface area contributed by atoms with Crippen LogP contribution in [0.15, 0.2) is 59.5 Å². The van der Waals surface area contributed by atoms with Gasteiger partial charge < -0.3 is 5.11 Å². The summed E-state index contributed by atoms with van der Waals surface area (Å²) in [6, 6.07) is 15.6. The van der Waals surface area contributed by atoms with Crippen LogP contribution in [0.4, 0.5) is 4.39 Å². The summed E-state index contributed by atoms with van der Waals surface area (Å²) in [5.41, 5.74) is 0.429. The first kappa shape index (κ1) is 13.6. The summed E-state index contributed by atoms with van der Waals surface area (Å²) in [6.07, 6.45) is 0.168. The Morgan fingerprint density at radius 2 is 1.74 bits per heavy atom. The number of carboxylic acid groups (broad SMARTS) is 1. The lowest BCUT2D eigenvalue weighted by molar-refractivity contribution is -0.136. The molecule has 1 atom stereocenters. The van der Waals surface area contributed by atoms with Crippen molar-refractivity contribution in [2.45, 2.75) is 16.6 Å². The zero-order chi connectivity index (χ0) is 13.7. The van der Waals surface area contributed by atoms with Gasteiger partial charge in [0.1, 0.15) is 11.1 Å². The van der Waals surface area contributed by atoms with E-state index in [0.29, 0.717) is 5.56 Å². The number of halogens is 1. The van der Waals surface area contributed by atoms with Crippen LogP contribution < -0.4 is 0 Å². The van der Waals surface area contributed by atoms with Crippen LogP contribution in [-0.4, -0.2) is 16.3 Å². The number of aliphatic carboxylic acids is 1. The van der Waals surface area contributed by atoms with E-state index in [4.69, 9.17) is 0 Å². The topological polar surface area (TPSA) is 37.3 Å². The summed E-state index contributed by atoms with van der Waals surface area (Å²) in [6.45, 7) is 0. The first-order valence-corrected chi connectivity index (χ1v) is 6.72. The number of rotatable bonds is 5. The Labute approximate surface area is 115 Å². The van der Waals surface area contributed by atoms with E-state index in [9.17, 15) is 14.3 Å². The van der Waals surface area contributed by atoms with Crippen molar-refractivity contribution in [3.63, 3.8) is 0 Å². The fourth-order valence-corrected chi connectivity index (χ4v) is 2.71. The molecule has 0 fully saturated rings. The van der Waals surface area contributed by atoms with E-state index >= 15 is 0 Å². The van der Waals surface area contributed by atoms with Crippen LogP contribution in [0, 0.1) is 5.82 Å². The molecule has 0 spiro atoms. The Hall–Kier alpha value is -1.81. The summed E-state index contributed by atoms with van der Waals surface area (Å²) in [4.78, 5) is 12.1. The average molecular weight is 276 g/mol. The molecule has 19 heavy (non-hydrogen) atoms. The third-order valence-corrected chi connectivity index (χ3v) is 3.86. The maximum Gasteiger partial charge on any atom is 0.317 e. The molecule has 0 unspecified atom stereocenters. The van der Waals surface area contributed by atoms with E-state index in [1.807, 2.05) is 30.3 Å². The van der Waals surface area contributed by atoms with Gasteiger partial charge in [-0.05, 0) is 30.2 Å². The van der Waals surface area contributed by atoms with Crippen LogP contribution >= 0.6 is 11.8 Å². The molecule has 0 bridgehead atoms. The van der Waals surface area contributed by atoms with Gasteiger partial charge in [-0.25, -0.2) is 4.39 Å². The number of carboxylic acids is 1. The number of thioether (sulfide) groups is 1. The van der Waals surface area contributed by atoms with E-state index < -0.39 is 11.2 Å². The molecule has 0 saturated carbocycles. The largest absolute Gasteiger partial charge is 0.480 e. The summed E-state index contributed by atoms with van der Waals surface area (Å²) < 4.78 is 13.5. The first-order chi connectivity index (χ1) is 9.16. The molecule has 2 aromatic rings. The van der Waals surface area contributed by atoms with Gasteiger partial charge >= 0.3 is 5.97 Å². The lowest BCUT2D eigenvalue weighted by Crippen LogP contribution is -2.19. The van der Waals surface area contributed by atoms with Crippen molar-refractivity contribution in [3.8, 4) is 0 Å². The standard InChI is InChI=1S/C15H13FO2S/c16-13-9-5-4-6-11(13)10-14(15(17)18)19-12-7-2-1-3-8-12/h1-9,14H,10H2,(H,17,18)/t14-/m0/s1. The van der Waals surface area contributed by atoms with Gasteiger partial charge in [-0.2, -0.15) is 0 Å². The fourth-order valence-electron chi connectivity index (χ4n) is 1.71. The summed E-state index contributed by atoms with van der Waals surface area (Å²) in [7, 11) is 0. The predicted octanol–water partition coefficient (Wildman–Crippen LogP) is 3.61. The Balaban J connectivity index is 2.13. The Kier molecular flexibility index (Phi) is 4.58. The van der Waals surface area contributed by atoms with Gasteiger partial charge in [0.15, 0.2) is 0 Å². The van der Waals surface area contributed by atoms with E-state index in [0.717, 1.165) is 4.90 Å². The van der Waals surface area contributed by atoms with Crippen LogP contribution in [0.5, 0.6) is 0 Å². The molecule has 0 aliphatic carbocycles. The molecule has 0 heterocycles. The van der Waals surface area contributed by atoms with Crippen LogP contribution in [0.2, 0.25) is 0 Å². The molecule has 2 rings (SSSR count). The maximum atomic E-state index is 13.5. The quantitative estimate of drug-likeness (QED) is 0.848. The zero-order valence-electron chi connectivity index (χ0n) is 10.1. The van der Waals surface area contributed by atoms with E-state index in [1.54, 1.807) is 18.2 Å². The van der Waals surface area contributed by atoms with Crippen LogP contribution in [0.1, 0.15) is 5.56 Å². The van der Waals surface area contributed by atoms with Crippen molar-refractivity contribution >= 4 is 17.7 Å². The average Bonchev–Trinajstić information content (AvgIpc) is 2.41. The van der Waals surface area contributed by atoms with Gasteiger partial charge in [0.05, 0.1) is 0 Å². The van der Waals surface area contributed by atoms with Crippen molar-refractivity contribution in [3.05, 3.63) is 66.0 Å². The highest BCUT2D eigenvalue weighted by atomic mass is 32.2. The number of hydrogen-bond acceptors (Lipinski definition) is 2. The van der Waals surface area contributed by atoms with E-state index in [1.165, 1.54) is 17.8 Å². The lowest BCUT2D eigenvalue weighted by Gasteiger charge is -2.12. The highest BCUT2D eigenvalue weighted by Crippen LogP contribution is 2.26. The molecule has 4 heteroatoms. The molecule has 1 N–H and O–H groups in total. The van der Waals surface area contributed by atoms with E-state index in [-0.39, 0.29) is 12.2 Å². The second-order valence-electron chi connectivity index (χ2n) is 4.05. The van der Waals surface area contributed by atoms with Crippen molar-refractivity contribution in [2.75, 3.05) is 0 Å². The van der Waals surface area contributed by atoms with Crippen LogP contribution in [-0.2, 0) is 11.2 Å². The molecule has 0 aliphatic heterocycles. The molecule has 0 radical (unpaired) electrons. The van der Waals surface area contributed by atoms with Crippen LogP contribution in [0.3, 0.4) is 0 Å². The highest BCUT2D eigenvalue weighted by Gasteiger charge is 2.20. The highest BCUT2D eigenvalue weighted by molar-refractivity contribution is 8.00. The van der Waals surface area contributed by atoms with Crippen molar-refractivity contribution in [1.29, 1.82) is 0 Å². The lowest BCUT2D eigenvalue weighted by atomic mass is 10.1. The van der Waals surface area contributed by atoms with Crippen LogP contribution in [0.25, 0.3) is 0 Å². The van der Waals surface area contributed by atoms with Gasteiger partial charge in [-0.15, -0.1) is 11.8 Å². The van der Waals surface area contributed by atoms with Gasteiger partial charge in [0.2, 0.25) is 0 Å². The maximum absolute atomic E-state index is 13.5. The molecule has 2 nitrogen and oxygen atoms in total. The molecule has 98 valence electrons. The number of carbonyl (C=O) groups is 1. The second kappa shape index (κ2) is 6.38. The Bertz CT molecular complexity index is 557. The predicted molar refractivity (Wildman–Crippen MR) is 73.8 cm³/mol. The van der Waals surface area contributed by atoms with Gasteiger partial charge in [0, 0.05) is 4.90 Å². The Morgan fingerprint density at radius 3 is 2.37 bits per heavy atom.